The monoisotopic (exact) mass is 266 g/mol. The number of rotatable bonds is 5. The second-order valence-corrected chi connectivity index (χ2v) is 5.25. The molecular formula is C16H23FO2. The predicted octanol–water partition coefficient (Wildman–Crippen LogP) is 3.98. The molecule has 1 aliphatic heterocycles. The van der Waals surface area contributed by atoms with Crippen LogP contribution < -0.4 is 0 Å². The van der Waals surface area contributed by atoms with Crippen molar-refractivity contribution < 1.29 is 13.9 Å². The molecule has 0 spiro atoms. The maximum Gasteiger partial charge on any atom is 0.182 e. The standard InChI is InChI=1S/C16H23FO2/c1-3-5-13-7-9-14(10-8-13)16(17)11-18-15(6-4-2)19-12-16/h7-10,15H,3-6,11-12H2,1-2H3. The summed E-state index contributed by atoms with van der Waals surface area (Å²) < 4.78 is 25.7. The maximum absolute atomic E-state index is 14.8. The van der Waals surface area contributed by atoms with Gasteiger partial charge in [0.25, 0.3) is 0 Å². The highest BCUT2D eigenvalue weighted by molar-refractivity contribution is 5.28. The fourth-order valence-electron chi connectivity index (χ4n) is 2.37. The van der Waals surface area contributed by atoms with E-state index in [0.717, 1.165) is 25.7 Å². The number of benzene rings is 1. The molecule has 0 aromatic heterocycles. The Labute approximate surface area is 114 Å². The van der Waals surface area contributed by atoms with Crippen molar-refractivity contribution in [1.29, 1.82) is 0 Å². The van der Waals surface area contributed by atoms with Gasteiger partial charge in [-0.25, -0.2) is 4.39 Å². The van der Waals surface area contributed by atoms with Crippen molar-refractivity contribution in [2.75, 3.05) is 13.2 Å². The van der Waals surface area contributed by atoms with Crippen molar-refractivity contribution in [2.24, 2.45) is 0 Å². The van der Waals surface area contributed by atoms with E-state index in [1.165, 1.54) is 5.56 Å². The molecule has 0 N–H and O–H groups in total. The lowest BCUT2D eigenvalue weighted by Crippen LogP contribution is -2.41. The van der Waals surface area contributed by atoms with Gasteiger partial charge in [0.05, 0.1) is 13.2 Å². The van der Waals surface area contributed by atoms with Crippen LogP contribution in [0.25, 0.3) is 0 Å². The molecular weight excluding hydrogens is 243 g/mol. The first-order chi connectivity index (χ1) is 9.18. The van der Waals surface area contributed by atoms with Gasteiger partial charge in [-0.1, -0.05) is 51.0 Å². The second-order valence-electron chi connectivity index (χ2n) is 5.25. The summed E-state index contributed by atoms with van der Waals surface area (Å²) in [5.41, 5.74) is 0.397. The van der Waals surface area contributed by atoms with Crippen molar-refractivity contribution in [3.8, 4) is 0 Å². The quantitative estimate of drug-likeness (QED) is 0.802. The normalized spacial score (nSPS) is 27.4. The minimum absolute atomic E-state index is 0.0881. The number of hydrogen-bond donors (Lipinski definition) is 0. The summed E-state index contributed by atoms with van der Waals surface area (Å²) in [6.07, 6.45) is 3.70. The topological polar surface area (TPSA) is 18.5 Å². The number of aryl methyl sites for hydroxylation is 1. The van der Waals surface area contributed by atoms with E-state index in [4.69, 9.17) is 9.47 Å². The van der Waals surface area contributed by atoms with E-state index in [1.54, 1.807) is 0 Å². The third-order valence-electron chi connectivity index (χ3n) is 3.53. The molecule has 1 fully saturated rings. The van der Waals surface area contributed by atoms with E-state index in [-0.39, 0.29) is 19.5 Å². The summed E-state index contributed by atoms with van der Waals surface area (Å²) in [6.45, 7) is 4.38. The molecule has 3 heteroatoms. The summed E-state index contributed by atoms with van der Waals surface area (Å²) in [4.78, 5) is 0. The molecule has 1 saturated heterocycles. The van der Waals surface area contributed by atoms with Gasteiger partial charge in [0.15, 0.2) is 12.0 Å². The van der Waals surface area contributed by atoms with E-state index < -0.39 is 5.67 Å². The van der Waals surface area contributed by atoms with Crippen LogP contribution in [0.1, 0.15) is 44.2 Å². The lowest BCUT2D eigenvalue weighted by atomic mass is 9.95. The van der Waals surface area contributed by atoms with E-state index in [1.807, 2.05) is 24.3 Å². The van der Waals surface area contributed by atoms with Gasteiger partial charge in [-0.05, 0) is 24.0 Å². The van der Waals surface area contributed by atoms with Crippen LogP contribution in [0.2, 0.25) is 0 Å². The lowest BCUT2D eigenvalue weighted by molar-refractivity contribution is -0.238. The van der Waals surface area contributed by atoms with Crippen LogP contribution in [-0.4, -0.2) is 19.5 Å². The molecule has 0 aliphatic carbocycles. The minimum atomic E-state index is -1.50. The van der Waals surface area contributed by atoms with Gasteiger partial charge in [0.1, 0.15) is 0 Å². The third-order valence-corrected chi connectivity index (χ3v) is 3.53. The molecule has 0 bridgehead atoms. The van der Waals surface area contributed by atoms with Gasteiger partial charge in [0.2, 0.25) is 0 Å². The number of halogens is 1. The molecule has 2 rings (SSSR count). The van der Waals surface area contributed by atoms with Crippen molar-refractivity contribution in [2.45, 2.75) is 51.5 Å². The highest BCUT2D eigenvalue weighted by Crippen LogP contribution is 2.32. The molecule has 1 heterocycles. The predicted molar refractivity (Wildman–Crippen MR) is 73.8 cm³/mol. The molecule has 0 atom stereocenters. The van der Waals surface area contributed by atoms with Crippen LogP contribution in [0.15, 0.2) is 24.3 Å². The van der Waals surface area contributed by atoms with Gasteiger partial charge in [-0.15, -0.1) is 0 Å². The van der Waals surface area contributed by atoms with E-state index >= 15 is 0 Å². The molecule has 1 aliphatic rings. The fourth-order valence-corrected chi connectivity index (χ4v) is 2.37. The molecule has 1 aromatic rings. The van der Waals surface area contributed by atoms with Crippen LogP contribution in [0.4, 0.5) is 4.39 Å². The van der Waals surface area contributed by atoms with Crippen LogP contribution in [-0.2, 0) is 21.6 Å². The Morgan fingerprint density at radius 3 is 2.26 bits per heavy atom. The summed E-state index contributed by atoms with van der Waals surface area (Å²) >= 11 is 0. The van der Waals surface area contributed by atoms with Gasteiger partial charge >= 0.3 is 0 Å². The van der Waals surface area contributed by atoms with Gasteiger partial charge in [-0.2, -0.15) is 0 Å². The third kappa shape index (κ3) is 3.54. The Kier molecular flexibility index (Phi) is 4.94. The summed E-state index contributed by atoms with van der Waals surface area (Å²) in [5.74, 6) is 0. The lowest BCUT2D eigenvalue weighted by Gasteiger charge is -2.34. The van der Waals surface area contributed by atoms with Crippen molar-refractivity contribution >= 4 is 0 Å². The van der Waals surface area contributed by atoms with Crippen LogP contribution >= 0.6 is 0 Å². The summed E-state index contributed by atoms with van der Waals surface area (Å²) in [7, 11) is 0. The Bertz CT molecular complexity index is 380. The highest BCUT2D eigenvalue weighted by atomic mass is 19.1. The first kappa shape index (κ1) is 14.5. The second kappa shape index (κ2) is 6.49. The number of alkyl halides is 1. The molecule has 0 amide bonds. The SMILES string of the molecule is CCCc1ccc(C2(F)COC(CCC)OC2)cc1. The zero-order valence-corrected chi connectivity index (χ0v) is 11.8. The molecule has 0 unspecified atom stereocenters. The van der Waals surface area contributed by atoms with Crippen molar-refractivity contribution in [1.82, 2.24) is 0 Å². The van der Waals surface area contributed by atoms with Crippen molar-refractivity contribution in [3.63, 3.8) is 0 Å². The van der Waals surface area contributed by atoms with Gasteiger partial charge in [0, 0.05) is 0 Å². The zero-order chi connectivity index (χ0) is 13.7. The number of ether oxygens (including phenoxy) is 2. The molecule has 19 heavy (non-hydrogen) atoms. The van der Waals surface area contributed by atoms with Crippen LogP contribution in [0, 0.1) is 0 Å². The van der Waals surface area contributed by atoms with Crippen LogP contribution in [0.3, 0.4) is 0 Å². The number of hydrogen-bond acceptors (Lipinski definition) is 2. The molecule has 106 valence electrons. The zero-order valence-electron chi connectivity index (χ0n) is 11.8. The van der Waals surface area contributed by atoms with Crippen molar-refractivity contribution in [3.05, 3.63) is 35.4 Å². The Morgan fingerprint density at radius 1 is 1.11 bits per heavy atom. The average molecular weight is 266 g/mol. The van der Waals surface area contributed by atoms with Gasteiger partial charge in [-0.3, -0.25) is 0 Å². The molecule has 2 nitrogen and oxygen atoms in total. The molecule has 1 aromatic carbocycles. The Balaban J connectivity index is 2.00. The Hall–Kier alpha value is -0.930. The van der Waals surface area contributed by atoms with Crippen LogP contribution in [0.5, 0.6) is 0 Å². The van der Waals surface area contributed by atoms with E-state index in [0.29, 0.717) is 5.56 Å². The fraction of sp³-hybridized carbons (Fsp3) is 0.625. The molecule has 0 radical (unpaired) electrons. The van der Waals surface area contributed by atoms with Gasteiger partial charge < -0.3 is 9.47 Å². The summed E-state index contributed by atoms with van der Waals surface area (Å²) in [5, 5.41) is 0. The average Bonchev–Trinajstić information content (AvgIpc) is 2.43. The molecule has 0 saturated carbocycles. The largest absolute Gasteiger partial charge is 0.349 e. The highest BCUT2D eigenvalue weighted by Gasteiger charge is 2.38. The summed E-state index contributed by atoms with van der Waals surface area (Å²) in [6, 6.07) is 7.71. The minimum Gasteiger partial charge on any atom is -0.349 e. The first-order valence-electron chi connectivity index (χ1n) is 7.19. The smallest absolute Gasteiger partial charge is 0.182 e. The first-order valence-corrected chi connectivity index (χ1v) is 7.19. The van der Waals surface area contributed by atoms with E-state index in [9.17, 15) is 4.39 Å². The van der Waals surface area contributed by atoms with E-state index in [2.05, 4.69) is 13.8 Å². The maximum atomic E-state index is 14.8. The Morgan fingerprint density at radius 2 is 1.74 bits per heavy atom.